The van der Waals surface area contributed by atoms with Gasteiger partial charge in [-0.3, -0.25) is 9.59 Å². The van der Waals surface area contributed by atoms with Crippen molar-refractivity contribution in [2.24, 2.45) is 0 Å². The van der Waals surface area contributed by atoms with Gasteiger partial charge in [0.2, 0.25) is 11.8 Å². The second kappa shape index (κ2) is 10.2. The van der Waals surface area contributed by atoms with Gasteiger partial charge in [0.05, 0.1) is 5.52 Å². The summed E-state index contributed by atoms with van der Waals surface area (Å²) >= 11 is 0. The standard InChI is InChI=1S/C27H27F2N5O2/c1-27(2,3)30-26(36)25(20-8-4-5-9-21(20)29)33(16-18-12-14-19(28)15-13-18)24(35)17-34-23-11-7-6-10-22(23)31-32-34/h4-15,25H,16-17H2,1-3H3,(H,30,36)/t25-/m0/s1. The smallest absolute Gasteiger partial charge is 0.247 e. The molecule has 0 radical (unpaired) electrons. The number of benzene rings is 3. The number of nitrogens with one attached hydrogen (secondary N) is 1. The van der Waals surface area contributed by atoms with Crippen molar-refractivity contribution < 1.29 is 18.4 Å². The van der Waals surface area contributed by atoms with Crippen LogP contribution in [0.15, 0.2) is 72.8 Å². The van der Waals surface area contributed by atoms with Gasteiger partial charge in [-0.25, -0.2) is 13.5 Å². The summed E-state index contributed by atoms with van der Waals surface area (Å²) in [7, 11) is 0. The van der Waals surface area contributed by atoms with Crippen molar-refractivity contribution >= 4 is 22.8 Å². The zero-order valence-electron chi connectivity index (χ0n) is 20.3. The van der Waals surface area contributed by atoms with Crippen molar-refractivity contribution in [3.63, 3.8) is 0 Å². The number of fused-ring (bicyclic) bond motifs is 1. The normalized spacial score (nSPS) is 12.4. The fraction of sp³-hybridized carbons (Fsp3) is 0.259. The summed E-state index contributed by atoms with van der Waals surface area (Å²) in [6, 6.07) is 17.4. The molecule has 0 saturated heterocycles. The number of hydrogen-bond donors (Lipinski definition) is 1. The molecule has 36 heavy (non-hydrogen) atoms. The molecule has 0 fully saturated rings. The molecule has 0 bridgehead atoms. The zero-order valence-corrected chi connectivity index (χ0v) is 20.3. The Labute approximate surface area is 207 Å². The van der Waals surface area contributed by atoms with Crippen molar-refractivity contribution in [1.82, 2.24) is 25.2 Å². The van der Waals surface area contributed by atoms with E-state index in [1.54, 1.807) is 39.0 Å². The van der Waals surface area contributed by atoms with Crippen LogP contribution in [0.5, 0.6) is 0 Å². The molecule has 186 valence electrons. The van der Waals surface area contributed by atoms with E-state index in [0.717, 1.165) is 0 Å². The summed E-state index contributed by atoms with van der Waals surface area (Å²) in [4.78, 5) is 28.6. The lowest BCUT2D eigenvalue weighted by Crippen LogP contribution is -2.49. The van der Waals surface area contributed by atoms with Gasteiger partial charge in [0.15, 0.2) is 0 Å². The van der Waals surface area contributed by atoms with Crippen LogP contribution in [0, 0.1) is 11.6 Å². The van der Waals surface area contributed by atoms with Crippen LogP contribution in [0.25, 0.3) is 11.0 Å². The third kappa shape index (κ3) is 5.73. The number of amides is 2. The highest BCUT2D eigenvalue weighted by molar-refractivity contribution is 5.89. The molecule has 0 unspecified atom stereocenters. The van der Waals surface area contributed by atoms with E-state index >= 15 is 4.39 Å². The highest BCUT2D eigenvalue weighted by atomic mass is 19.1. The summed E-state index contributed by atoms with van der Waals surface area (Å²) in [5.74, 6) is -2.06. The molecule has 1 atom stereocenters. The van der Waals surface area contributed by atoms with Crippen LogP contribution in [0.3, 0.4) is 0 Å². The first-order valence-corrected chi connectivity index (χ1v) is 11.5. The Balaban J connectivity index is 1.78. The van der Waals surface area contributed by atoms with Gasteiger partial charge in [-0.1, -0.05) is 47.7 Å². The monoisotopic (exact) mass is 491 g/mol. The minimum Gasteiger partial charge on any atom is -0.349 e. The molecule has 0 aliphatic rings. The molecule has 0 aliphatic heterocycles. The number of rotatable bonds is 7. The average Bonchev–Trinajstić information content (AvgIpc) is 3.22. The highest BCUT2D eigenvalue weighted by Crippen LogP contribution is 2.27. The summed E-state index contributed by atoms with van der Waals surface area (Å²) in [5.41, 5.74) is 1.27. The summed E-state index contributed by atoms with van der Waals surface area (Å²) in [6.07, 6.45) is 0. The lowest BCUT2D eigenvalue weighted by Gasteiger charge is -2.34. The van der Waals surface area contributed by atoms with Crippen molar-refractivity contribution in [3.05, 3.63) is 95.6 Å². The fourth-order valence-corrected chi connectivity index (χ4v) is 3.95. The molecule has 4 rings (SSSR count). The van der Waals surface area contributed by atoms with Crippen LogP contribution >= 0.6 is 0 Å². The van der Waals surface area contributed by atoms with Gasteiger partial charge in [-0.05, 0) is 56.7 Å². The summed E-state index contributed by atoms with van der Waals surface area (Å²) in [6.45, 7) is 5.13. The van der Waals surface area contributed by atoms with E-state index in [9.17, 15) is 14.0 Å². The maximum Gasteiger partial charge on any atom is 0.247 e. The molecule has 9 heteroatoms. The lowest BCUT2D eigenvalue weighted by atomic mass is 10.00. The minimum absolute atomic E-state index is 0.0533. The Morgan fingerprint density at radius 3 is 2.33 bits per heavy atom. The first-order valence-electron chi connectivity index (χ1n) is 11.5. The number of halogens is 2. The quantitative estimate of drug-likeness (QED) is 0.416. The van der Waals surface area contributed by atoms with E-state index in [-0.39, 0.29) is 18.7 Å². The number of para-hydroxylation sites is 1. The predicted octanol–water partition coefficient (Wildman–Crippen LogP) is 4.39. The van der Waals surface area contributed by atoms with Crippen LogP contribution in [0.4, 0.5) is 8.78 Å². The Hall–Kier alpha value is -4.14. The molecular formula is C27H27F2N5O2. The molecule has 1 N–H and O–H groups in total. The van der Waals surface area contributed by atoms with Crippen molar-refractivity contribution in [2.75, 3.05) is 0 Å². The number of carbonyl (C=O) groups is 2. The van der Waals surface area contributed by atoms with Gasteiger partial charge < -0.3 is 10.2 Å². The summed E-state index contributed by atoms with van der Waals surface area (Å²) in [5, 5.41) is 11.0. The van der Waals surface area contributed by atoms with Gasteiger partial charge >= 0.3 is 0 Å². The maximum absolute atomic E-state index is 15.0. The third-order valence-electron chi connectivity index (χ3n) is 5.55. The topological polar surface area (TPSA) is 80.1 Å². The molecule has 4 aromatic rings. The Bertz CT molecular complexity index is 1380. The van der Waals surface area contributed by atoms with Crippen LogP contribution < -0.4 is 5.32 Å². The molecule has 1 aromatic heterocycles. The molecule has 1 heterocycles. The fourth-order valence-electron chi connectivity index (χ4n) is 3.95. The van der Waals surface area contributed by atoms with Gasteiger partial charge in [-0.15, -0.1) is 5.10 Å². The van der Waals surface area contributed by atoms with Crippen molar-refractivity contribution in [2.45, 2.75) is 45.4 Å². The molecule has 0 spiro atoms. The number of aromatic nitrogens is 3. The second-order valence-electron chi connectivity index (χ2n) is 9.55. The highest BCUT2D eigenvalue weighted by Gasteiger charge is 2.35. The largest absolute Gasteiger partial charge is 0.349 e. The lowest BCUT2D eigenvalue weighted by molar-refractivity contribution is -0.143. The van der Waals surface area contributed by atoms with E-state index in [0.29, 0.717) is 16.6 Å². The van der Waals surface area contributed by atoms with E-state index in [1.165, 1.54) is 52.0 Å². The van der Waals surface area contributed by atoms with Crippen LogP contribution in [-0.4, -0.2) is 37.2 Å². The SMILES string of the molecule is CC(C)(C)NC(=O)[C@H](c1ccccc1F)N(Cc1ccc(F)cc1)C(=O)Cn1nnc2ccccc21. The number of hydrogen-bond acceptors (Lipinski definition) is 4. The molecular weight excluding hydrogens is 464 g/mol. The predicted molar refractivity (Wildman–Crippen MR) is 132 cm³/mol. The van der Waals surface area contributed by atoms with Crippen LogP contribution in [0.1, 0.15) is 37.9 Å². The number of carbonyl (C=O) groups excluding carboxylic acids is 2. The van der Waals surface area contributed by atoms with E-state index in [1.807, 2.05) is 12.1 Å². The van der Waals surface area contributed by atoms with Gasteiger partial charge in [0, 0.05) is 17.6 Å². The van der Waals surface area contributed by atoms with Crippen LogP contribution in [-0.2, 0) is 22.7 Å². The molecule has 2 amide bonds. The first kappa shape index (κ1) is 25.0. The first-order chi connectivity index (χ1) is 17.1. The molecule has 3 aromatic carbocycles. The zero-order chi connectivity index (χ0) is 25.9. The summed E-state index contributed by atoms with van der Waals surface area (Å²) < 4.78 is 30.0. The molecule has 7 nitrogen and oxygen atoms in total. The minimum atomic E-state index is -1.28. The molecule has 0 saturated carbocycles. The second-order valence-corrected chi connectivity index (χ2v) is 9.55. The number of nitrogens with zero attached hydrogens (tertiary/aromatic N) is 4. The average molecular weight is 492 g/mol. The van der Waals surface area contributed by atoms with Gasteiger partial charge in [-0.2, -0.15) is 0 Å². The van der Waals surface area contributed by atoms with Crippen molar-refractivity contribution in [1.29, 1.82) is 0 Å². The Morgan fingerprint density at radius 2 is 1.64 bits per heavy atom. The molecule has 0 aliphatic carbocycles. The maximum atomic E-state index is 15.0. The van der Waals surface area contributed by atoms with Gasteiger partial charge in [0.25, 0.3) is 0 Å². The van der Waals surface area contributed by atoms with E-state index in [2.05, 4.69) is 15.6 Å². The van der Waals surface area contributed by atoms with Gasteiger partial charge in [0.1, 0.15) is 29.7 Å². The van der Waals surface area contributed by atoms with E-state index in [4.69, 9.17) is 0 Å². The third-order valence-corrected chi connectivity index (χ3v) is 5.55. The van der Waals surface area contributed by atoms with E-state index < -0.39 is 35.0 Å². The van der Waals surface area contributed by atoms with Crippen LogP contribution in [0.2, 0.25) is 0 Å². The Kier molecular flexibility index (Phi) is 7.10. The Morgan fingerprint density at radius 1 is 0.972 bits per heavy atom. The van der Waals surface area contributed by atoms with Crippen molar-refractivity contribution in [3.8, 4) is 0 Å².